The quantitative estimate of drug-likeness (QED) is 0.682. The molecule has 7 heteroatoms. The minimum atomic E-state index is -0.464. The van der Waals surface area contributed by atoms with Crippen LogP contribution in [0.4, 0.5) is 21.6 Å². The van der Waals surface area contributed by atoms with Gasteiger partial charge < -0.3 is 20.1 Å². The van der Waals surface area contributed by atoms with E-state index in [1.807, 2.05) is 6.07 Å². The Balaban J connectivity index is 1.69. The number of rotatable bonds is 6. The third kappa shape index (κ3) is 4.52. The maximum atomic E-state index is 13.2. The van der Waals surface area contributed by atoms with Crippen LogP contribution in [0.5, 0.6) is 11.5 Å². The van der Waals surface area contributed by atoms with Gasteiger partial charge in [-0.2, -0.15) is 0 Å². The highest BCUT2D eigenvalue weighted by atomic mass is 19.1. The largest absolute Gasteiger partial charge is 0.497 e. The number of methoxy groups -OCH3 is 2. The van der Waals surface area contributed by atoms with Crippen LogP contribution in [0.2, 0.25) is 0 Å². The number of carbonyl (C=O) groups excluding carboxylic acids is 1. The number of ether oxygens (including phenoxy) is 2. The number of hydrogen-bond donors (Lipinski definition) is 2. The molecule has 3 rings (SSSR count). The summed E-state index contributed by atoms with van der Waals surface area (Å²) >= 11 is 0. The first-order valence-electron chi connectivity index (χ1n) is 8.11. The molecule has 2 aromatic carbocycles. The highest BCUT2D eigenvalue weighted by Gasteiger charge is 2.09. The van der Waals surface area contributed by atoms with Crippen molar-refractivity contribution in [1.29, 1.82) is 0 Å². The normalized spacial score (nSPS) is 10.2. The fraction of sp³-hybridized carbons (Fsp3) is 0.100. The number of pyridine rings is 1. The second-order valence-electron chi connectivity index (χ2n) is 5.59. The molecule has 2 N–H and O–H groups in total. The van der Waals surface area contributed by atoms with Gasteiger partial charge in [-0.15, -0.1) is 0 Å². The number of carbonyl (C=O) groups is 1. The van der Waals surface area contributed by atoms with E-state index in [-0.39, 0.29) is 5.56 Å². The van der Waals surface area contributed by atoms with Gasteiger partial charge in [-0.05, 0) is 42.5 Å². The van der Waals surface area contributed by atoms with Crippen molar-refractivity contribution < 1.29 is 18.7 Å². The molecule has 0 fully saturated rings. The monoisotopic (exact) mass is 367 g/mol. The predicted molar refractivity (Wildman–Crippen MR) is 101 cm³/mol. The number of anilines is 3. The number of halogens is 1. The molecular weight excluding hydrogens is 349 g/mol. The van der Waals surface area contributed by atoms with Crippen molar-refractivity contribution in [3.63, 3.8) is 0 Å². The van der Waals surface area contributed by atoms with Gasteiger partial charge in [0.15, 0.2) is 0 Å². The lowest BCUT2D eigenvalue weighted by atomic mass is 10.2. The molecule has 3 aromatic rings. The third-order valence-electron chi connectivity index (χ3n) is 3.78. The Labute approximate surface area is 156 Å². The molecule has 0 spiro atoms. The van der Waals surface area contributed by atoms with Crippen LogP contribution in [-0.2, 0) is 0 Å². The van der Waals surface area contributed by atoms with Crippen LogP contribution in [0.15, 0.2) is 60.8 Å². The second-order valence-corrected chi connectivity index (χ2v) is 5.59. The van der Waals surface area contributed by atoms with Crippen molar-refractivity contribution in [2.45, 2.75) is 0 Å². The van der Waals surface area contributed by atoms with E-state index in [4.69, 9.17) is 9.47 Å². The lowest BCUT2D eigenvalue weighted by molar-refractivity contribution is 0.102. The van der Waals surface area contributed by atoms with Gasteiger partial charge >= 0.3 is 0 Å². The van der Waals surface area contributed by atoms with E-state index >= 15 is 0 Å². The van der Waals surface area contributed by atoms with Crippen molar-refractivity contribution in [2.75, 3.05) is 24.9 Å². The number of amides is 1. The first kappa shape index (κ1) is 18.2. The van der Waals surface area contributed by atoms with Crippen LogP contribution in [-0.4, -0.2) is 25.1 Å². The van der Waals surface area contributed by atoms with Gasteiger partial charge in [0.1, 0.15) is 23.1 Å². The summed E-state index contributed by atoms with van der Waals surface area (Å²) in [4.78, 5) is 16.4. The minimum absolute atomic E-state index is 0.236. The van der Waals surface area contributed by atoms with Gasteiger partial charge in [-0.3, -0.25) is 4.79 Å². The van der Waals surface area contributed by atoms with Crippen molar-refractivity contribution >= 4 is 23.1 Å². The van der Waals surface area contributed by atoms with E-state index < -0.39 is 11.7 Å². The van der Waals surface area contributed by atoms with Crippen molar-refractivity contribution in [1.82, 2.24) is 4.98 Å². The molecule has 27 heavy (non-hydrogen) atoms. The number of benzene rings is 2. The number of nitrogens with zero attached hydrogens (tertiary/aromatic N) is 1. The zero-order chi connectivity index (χ0) is 19.2. The van der Waals surface area contributed by atoms with E-state index in [0.29, 0.717) is 23.0 Å². The van der Waals surface area contributed by atoms with Gasteiger partial charge in [0.05, 0.1) is 31.8 Å². The molecule has 0 unspecified atom stereocenters. The number of nitrogens with one attached hydrogen (secondary N) is 2. The molecule has 6 nitrogen and oxygen atoms in total. The predicted octanol–water partition coefficient (Wildman–Crippen LogP) is 4.23. The lowest BCUT2D eigenvalue weighted by Crippen LogP contribution is -2.12. The van der Waals surface area contributed by atoms with E-state index in [1.54, 1.807) is 38.5 Å². The van der Waals surface area contributed by atoms with Crippen molar-refractivity contribution in [3.8, 4) is 11.5 Å². The standard InChI is InChI=1S/C20H18FN3O3/c1-26-16-7-8-17(18(11-16)27-2)24-19-9-6-15(12-22-19)23-20(25)13-4-3-5-14(21)10-13/h3-12H,1-2H3,(H,22,24)(H,23,25). The highest BCUT2D eigenvalue weighted by molar-refractivity contribution is 6.04. The summed E-state index contributed by atoms with van der Waals surface area (Å²) in [6.07, 6.45) is 1.51. The third-order valence-corrected chi connectivity index (χ3v) is 3.78. The van der Waals surface area contributed by atoms with E-state index in [0.717, 1.165) is 5.69 Å². The van der Waals surface area contributed by atoms with Crippen LogP contribution in [0, 0.1) is 5.82 Å². The summed E-state index contributed by atoms with van der Waals surface area (Å²) in [5, 5.41) is 5.82. The average Bonchev–Trinajstić information content (AvgIpc) is 2.69. The fourth-order valence-corrected chi connectivity index (χ4v) is 2.41. The van der Waals surface area contributed by atoms with Crippen molar-refractivity contribution in [2.24, 2.45) is 0 Å². The molecule has 1 amide bonds. The van der Waals surface area contributed by atoms with Gasteiger partial charge in [0, 0.05) is 11.6 Å². The summed E-state index contributed by atoms with van der Waals surface area (Å²) in [6.45, 7) is 0. The fourth-order valence-electron chi connectivity index (χ4n) is 2.41. The second kappa shape index (κ2) is 8.18. The van der Waals surface area contributed by atoms with Gasteiger partial charge in [-0.1, -0.05) is 6.07 Å². The summed E-state index contributed by atoms with van der Waals surface area (Å²) in [6, 6.07) is 14.3. The van der Waals surface area contributed by atoms with Crippen molar-refractivity contribution in [3.05, 3.63) is 72.2 Å². The molecule has 0 bridgehead atoms. The molecule has 0 atom stereocenters. The molecule has 0 saturated heterocycles. The molecule has 0 radical (unpaired) electrons. The molecule has 0 aliphatic rings. The Morgan fingerprint density at radius 3 is 2.56 bits per heavy atom. The van der Waals surface area contributed by atoms with E-state index in [1.165, 1.54) is 30.5 Å². The topological polar surface area (TPSA) is 72.5 Å². The van der Waals surface area contributed by atoms with Crippen LogP contribution >= 0.6 is 0 Å². The SMILES string of the molecule is COc1ccc(Nc2ccc(NC(=O)c3cccc(F)c3)cn2)c(OC)c1. The number of hydrogen-bond acceptors (Lipinski definition) is 5. The summed E-state index contributed by atoms with van der Waals surface area (Å²) in [5.41, 5.74) is 1.46. The molecule has 0 aliphatic carbocycles. The zero-order valence-corrected chi connectivity index (χ0v) is 14.8. The lowest BCUT2D eigenvalue weighted by Gasteiger charge is -2.12. The summed E-state index contributed by atoms with van der Waals surface area (Å²) in [7, 11) is 3.15. The Hall–Kier alpha value is -3.61. The molecule has 0 saturated carbocycles. The summed E-state index contributed by atoms with van der Waals surface area (Å²) < 4.78 is 23.7. The Kier molecular flexibility index (Phi) is 5.51. The Bertz CT molecular complexity index is 945. The maximum absolute atomic E-state index is 13.2. The number of aromatic nitrogens is 1. The summed E-state index contributed by atoms with van der Waals surface area (Å²) in [5.74, 6) is 0.991. The first-order valence-corrected chi connectivity index (χ1v) is 8.11. The minimum Gasteiger partial charge on any atom is -0.497 e. The van der Waals surface area contributed by atoms with Gasteiger partial charge in [-0.25, -0.2) is 9.37 Å². The molecule has 1 aromatic heterocycles. The molecule has 138 valence electrons. The van der Waals surface area contributed by atoms with E-state index in [2.05, 4.69) is 15.6 Å². The Morgan fingerprint density at radius 2 is 1.89 bits per heavy atom. The Morgan fingerprint density at radius 1 is 1.04 bits per heavy atom. The van der Waals surface area contributed by atoms with Crippen LogP contribution in [0.1, 0.15) is 10.4 Å². The molecule has 1 heterocycles. The van der Waals surface area contributed by atoms with Crippen LogP contribution in [0.3, 0.4) is 0 Å². The molecule has 0 aliphatic heterocycles. The highest BCUT2D eigenvalue weighted by Crippen LogP contribution is 2.31. The van der Waals surface area contributed by atoms with Crippen LogP contribution in [0.25, 0.3) is 0 Å². The van der Waals surface area contributed by atoms with Gasteiger partial charge in [0.2, 0.25) is 0 Å². The first-order chi connectivity index (χ1) is 13.1. The molecular formula is C20H18FN3O3. The average molecular weight is 367 g/mol. The maximum Gasteiger partial charge on any atom is 0.255 e. The van der Waals surface area contributed by atoms with Gasteiger partial charge in [0.25, 0.3) is 5.91 Å². The van der Waals surface area contributed by atoms with Crippen LogP contribution < -0.4 is 20.1 Å². The smallest absolute Gasteiger partial charge is 0.255 e. The van der Waals surface area contributed by atoms with E-state index in [9.17, 15) is 9.18 Å². The zero-order valence-electron chi connectivity index (χ0n) is 14.8.